The second kappa shape index (κ2) is 39.8. The number of esters is 2. The van der Waals surface area contributed by atoms with Gasteiger partial charge in [0.2, 0.25) is 5.91 Å². The Morgan fingerprint density at radius 1 is 0.560 bits per heavy atom. The number of carbonyl (C=O) groups is 8. The summed E-state index contributed by atoms with van der Waals surface area (Å²) in [4.78, 5) is 99.6. The van der Waals surface area contributed by atoms with E-state index in [9.17, 15) is 48.5 Å². The van der Waals surface area contributed by atoms with Gasteiger partial charge >= 0.3 is 57.5 Å². The number of carboxylic acids is 2. The van der Waals surface area contributed by atoms with Gasteiger partial charge < -0.3 is 76.5 Å². The number of thioether (sulfide) groups is 3. The van der Waals surface area contributed by atoms with Gasteiger partial charge in [0.15, 0.2) is 24.5 Å². The van der Waals surface area contributed by atoms with Gasteiger partial charge in [-0.3, -0.25) is 14.4 Å². The quantitative estimate of drug-likeness (QED) is 0.0129. The number of ketones is 1. The molecule has 9 aliphatic rings. The van der Waals surface area contributed by atoms with E-state index in [1.807, 2.05) is 32.9 Å². The van der Waals surface area contributed by atoms with Crippen LogP contribution in [-0.2, 0) is 71.2 Å². The molecule has 6 saturated carbocycles. The van der Waals surface area contributed by atoms with Gasteiger partial charge in [-0.15, -0.1) is 30.6 Å². The van der Waals surface area contributed by atoms with Crippen molar-refractivity contribution in [3.05, 3.63) is 105 Å². The standard InChI is InChI=1S/C34H58BNO7Si2.C32H44BN3O8S2.C14H13BN2O5S2.C4H4N2O2S2/c1-31(2,3)40-29(37)24-18-16-17-22(28(24)39-30(38)41-32(4,5)6)19-27(36(44(10,11)12)45(13,14)15)35-42-26-21-23-20-25(33(23,7)8)34(26,9)43-35;1-29(2,3)41-26(38)20-12-10-11-18(25(20)40-28(39)42-30(4,5)6)13-23(35-24(37)16-45-27-36-34-17-46-27)33-43-22-15-19-14-21(31(19,7)8)32(22,9)44-33;18-10(6-23-14-17-16-7-24-14)5-9-4-8-2-1-3-11(13(19)20)12(8)22-15(9)21;7-3(8)1-9-4-6-5-2-10-4/h16-18,23,25-27H,19-21H2,1-15H3;10-12,17,19,21-23H,13-16H2,1-9H3,(H,35,37);1-3,7,9,21H,4-6H2,(H,19,20);2H,1H2,(H,7,8)/t23-,25-,26?,27-,34-;19-,21-,22?,23-,32-;9-;/m001./s1. The summed E-state index contributed by atoms with van der Waals surface area (Å²) in [6, 6.07) is 15.2. The number of hydrogen-bond acceptors (Lipinski definition) is 33. The highest BCUT2D eigenvalue weighted by molar-refractivity contribution is 8.02. The number of Topliss-reactive ketones (excluding diaryl/α,β-unsaturated/α-hetero) is 1. The summed E-state index contributed by atoms with van der Waals surface area (Å²) < 4.78 is 71.7. The highest BCUT2D eigenvalue weighted by Gasteiger charge is 2.71. The van der Waals surface area contributed by atoms with Crippen LogP contribution in [0.3, 0.4) is 0 Å². The summed E-state index contributed by atoms with van der Waals surface area (Å²) in [5, 5.41) is 53.3. The van der Waals surface area contributed by atoms with Gasteiger partial charge in [0.05, 0.1) is 52.2 Å². The van der Waals surface area contributed by atoms with Crippen molar-refractivity contribution in [2.75, 3.05) is 17.3 Å². The van der Waals surface area contributed by atoms with Crippen LogP contribution in [0.2, 0.25) is 45.1 Å². The first-order chi connectivity index (χ1) is 57.9. The molecule has 6 aromatic rings. The number of para-hydroxylation sites is 3. The van der Waals surface area contributed by atoms with Crippen molar-refractivity contribution in [1.82, 2.24) is 40.1 Å². The maximum atomic E-state index is 13.5. The van der Waals surface area contributed by atoms with Gasteiger partial charge in [0.25, 0.3) is 0 Å². The van der Waals surface area contributed by atoms with Crippen LogP contribution >= 0.6 is 69.3 Å². The molecule has 6 aliphatic carbocycles. The Bertz CT molecular complexity index is 4800. The number of nitrogens with one attached hydrogen (secondary N) is 1. The summed E-state index contributed by atoms with van der Waals surface area (Å²) in [5.41, 5.74) is 3.32. The lowest BCUT2D eigenvalue weighted by atomic mass is 9.43. The van der Waals surface area contributed by atoms with Crippen molar-refractivity contribution < 1.29 is 105 Å². The Balaban J connectivity index is 0.000000192. The monoisotopic (exact) mass is 1870 g/mol. The molecule has 3 aromatic heterocycles. The number of fused-ring (bicyclic) bond motifs is 1. The number of aliphatic carboxylic acids is 1. The normalized spacial score (nSPS) is 23.1. The fourth-order valence-electron chi connectivity index (χ4n) is 18.0. The minimum Gasteiger partial charge on any atom is -0.535 e. The Kier molecular flexibility index (Phi) is 32.0. The molecule has 2 saturated heterocycles. The lowest BCUT2D eigenvalue weighted by Crippen LogP contribution is -2.68. The summed E-state index contributed by atoms with van der Waals surface area (Å²) in [7, 11) is -6.35. The molecule has 15 rings (SSSR count). The van der Waals surface area contributed by atoms with Crippen LogP contribution < -0.4 is 19.4 Å². The van der Waals surface area contributed by atoms with Crippen LogP contribution in [0.15, 0.2) is 84.1 Å². The maximum absolute atomic E-state index is 13.5. The second-order valence-electron chi connectivity index (χ2n) is 39.9. The lowest BCUT2D eigenvalue weighted by Gasteiger charge is -2.64. The fraction of sp³-hybridized carbons (Fsp3) is 0.619. The molecule has 3 aliphatic heterocycles. The predicted octanol–water partition coefficient (Wildman–Crippen LogP) is 16.5. The van der Waals surface area contributed by atoms with Crippen molar-refractivity contribution in [3.8, 4) is 17.2 Å². The third-order valence-electron chi connectivity index (χ3n) is 23.1. The molecular formula is C84H119B3N8O22S6Si2. The number of carboxylic acid groups (broad SMARTS) is 2. The van der Waals surface area contributed by atoms with Gasteiger partial charge in [0, 0.05) is 18.2 Å². The topological polar surface area (TPSA) is 391 Å². The van der Waals surface area contributed by atoms with Gasteiger partial charge in [-0.1, -0.05) is 173 Å². The number of benzene rings is 3. The average Bonchev–Trinajstić information content (AvgIpc) is 1.61. The van der Waals surface area contributed by atoms with Crippen LogP contribution in [0.5, 0.6) is 17.2 Å². The van der Waals surface area contributed by atoms with Crippen LogP contribution in [0, 0.1) is 34.5 Å². The lowest BCUT2D eigenvalue weighted by molar-refractivity contribution is -0.199. The first-order valence-corrected chi connectivity index (χ1v) is 54.3. The van der Waals surface area contributed by atoms with E-state index >= 15 is 0 Å². The number of aromatic nitrogens is 6. The molecule has 6 heterocycles. The van der Waals surface area contributed by atoms with Crippen LogP contribution in [0.25, 0.3) is 0 Å². The molecule has 0 radical (unpaired) electrons. The van der Waals surface area contributed by atoms with E-state index in [0.717, 1.165) is 23.6 Å². The molecule has 125 heavy (non-hydrogen) atoms. The Hall–Kier alpha value is -6.86. The number of aromatic carboxylic acids is 1. The first-order valence-electron chi connectivity index (χ1n) is 41.8. The van der Waals surface area contributed by atoms with Crippen LogP contribution in [0.1, 0.15) is 204 Å². The van der Waals surface area contributed by atoms with E-state index in [1.54, 1.807) is 109 Å². The van der Waals surface area contributed by atoms with Crippen molar-refractivity contribution in [3.63, 3.8) is 0 Å². The molecule has 3 aromatic carbocycles. The van der Waals surface area contributed by atoms with E-state index in [0.29, 0.717) is 61.9 Å². The molecule has 0 spiro atoms. The van der Waals surface area contributed by atoms with E-state index in [2.05, 4.69) is 121 Å². The third kappa shape index (κ3) is 25.8. The zero-order valence-corrected chi connectivity index (χ0v) is 82.7. The van der Waals surface area contributed by atoms with Crippen LogP contribution in [0.4, 0.5) is 9.59 Å². The predicted molar refractivity (Wildman–Crippen MR) is 487 cm³/mol. The largest absolute Gasteiger partial charge is 0.535 e. The van der Waals surface area contributed by atoms with Crippen molar-refractivity contribution >= 4 is 155 Å². The van der Waals surface area contributed by atoms with Crippen molar-refractivity contribution in [2.45, 2.75) is 292 Å². The zero-order chi connectivity index (χ0) is 92.3. The van der Waals surface area contributed by atoms with E-state index in [1.165, 1.54) is 87.8 Å². The number of amides is 1. The first kappa shape index (κ1) is 100. The molecule has 8 fully saturated rings. The number of rotatable bonds is 26. The molecule has 1 amide bonds. The van der Waals surface area contributed by atoms with E-state index < -0.39 is 114 Å². The summed E-state index contributed by atoms with van der Waals surface area (Å²) in [5.74, 6) is -1.95. The number of hydrogen-bond donors (Lipinski definition) is 4. The zero-order valence-electron chi connectivity index (χ0n) is 75.8. The molecule has 4 bridgehead atoms. The average molecular weight is 1870 g/mol. The number of carbonyl (C=O) groups excluding carboxylic acids is 6. The molecule has 11 atom stereocenters. The minimum atomic E-state index is -1.95. The number of ether oxygens (including phenoxy) is 6. The highest BCUT2D eigenvalue weighted by atomic mass is 32.2. The van der Waals surface area contributed by atoms with E-state index in [-0.39, 0.29) is 110 Å². The Labute approximate surface area is 760 Å². The SMILES string of the molecule is CC(C)(C)OC(=O)Oc1c(C[C@@H](B2OC3C[C@@H]4C[C@@H](C4(C)C)[C@]3(C)O2)N([Si](C)(C)C)[Si](C)(C)C)cccc1C(=O)OC(C)(C)C.CC(C)(C)OC(=O)Oc1c(C[C@H](NC(=O)CSc2nncs2)B2OC3C[C@@H]4C[C@@H](C4(C)C)[C@]3(C)O2)cccc1C(=O)OC(C)(C)C.O=C(CSc1nncs1)C[C@H]1Cc2cccc(C(=O)O)c2OB1O.O=C(O)CSc1nncs1. The molecule has 2 unspecified atom stereocenters. The second-order valence-corrected chi connectivity index (χ2v) is 56.2. The molecule has 4 N–H and O–H groups in total. The summed E-state index contributed by atoms with van der Waals surface area (Å²) in [6.45, 7) is 49.2. The third-order valence-corrected chi connectivity index (χ3v) is 36.3. The van der Waals surface area contributed by atoms with Gasteiger partial charge in [-0.25, -0.2) is 24.0 Å². The summed E-state index contributed by atoms with van der Waals surface area (Å²) in [6.07, 6.45) is 3.39. The Morgan fingerprint density at radius 2 is 0.976 bits per heavy atom. The van der Waals surface area contributed by atoms with Crippen molar-refractivity contribution in [2.24, 2.45) is 34.5 Å². The van der Waals surface area contributed by atoms with Gasteiger partial charge in [-0.05, 0) is 211 Å². The van der Waals surface area contributed by atoms with E-state index in [4.69, 9.17) is 56.8 Å². The Morgan fingerprint density at radius 3 is 1.39 bits per heavy atom. The summed E-state index contributed by atoms with van der Waals surface area (Å²) >= 11 is 7.84. The van der Waals surface area contributed by atoms with Crippen LogP contribution in [-0.4, -0.2) is 211 Å². The molecular weight excluding hydrogens is 1750 g/mol. The smallest absolute Gasteiger partial charge is 0.526 e. The van der Waals surface area contributed by atoms with Gasteiger partial charge in [-0.2, -0.15) is 0 Å². The van der Waals surface area contributed by atoms with Crippen molar-refractivity contribution in [1.29, 1.82) is 0 Å². The maximum Gasteiger partial charge on any atom is 0.526 e. The minimum absolute atomic E-state index is 0.00139. The highest BCUT2D eigenvalue weighted by Crippen LogP contribution is 2.67. The molecule has 30 nitrogen and oxygen atoms in total. The van der Waals surface area contributed by atoms with Gasteiger partial charge in [0.1, 0.15) is 78.1 Å². The molecule has 41 heteroatoms. The molecule has 680 valence electrons. The number of nitrogens with zero attached hydrogens (tertiary/aromatic N) is 7. The fourth-order valence-corrected chi connectivity index (χ4v) is 32.4.